The number of aryl methyl sites for hydroxylation is 1. The lowest BCUT2D eigenvalue weighted by molar-refractivity contribution is 0.658. The van der Waals surface area contributed by atoms with Crippen molar-refractivity contribution in [2.24, 2.45) is 5.73 Å². The van der Waals surface area contributed by atoms with Crippen LogP contribution in [0.4, 0.5) is 5.82 Å². The molecule has 68 valence electrons. The summed E-state index contributed by atoms with van der Waals surface area (Å²) in [5.74, 6) is 0.898. The molecule has 1 heterocycles. The van der Waals surface area contributed by atoms with Gasteiger partial charge in [-0.1, -0.05) is 0 Å². The van der Waals surface area contributed by atoms with E-state index in [1.165, 1.54) is 0 Å². The number of nitrogens with one attached hydrogen (secondary N) is 1. The molecule has 1 aromatic heterocycles. The number of hydrogen-bond donors (Lipinski definition) is 2. The van der Waals surface area contributed by atoms with Crippen molar-refractivity contribution in [2.45, 2.75) is 26.4 Å². The Balaban J connectivity index is 2.52. The molecule has 1 unspecified atom stereocenters. The zero-order valence-corrected chi connectivity index (χ0v) is 7.62. The first-order chi connectivity index (χ1) is 5.76. The summed E-state index contributed by atoms with van der Waals surface area (Å²) in [5, 5.41) is 7.46. The van der Waals surface area contributed by atoms with Crippen molar-refractivity contribution in [2.75, 3.05) is 11.9 Å². The fourth-order valence-electron chi connectivity index (χ4n) is 0.926. The van der Waals surface area contributed by atoms with Gasteiger partial charge in [-0.2, -0.15) is 5.10 Å². The minimum absolute atomic E-state index is 0.283. The summed E-state index contributed by atoms with van der Waals surface area (Å²) < 4.78 is 1.88. The van der Waals surface area contributed by atoms with E-state index in [2.05, 4.69) is 17.3 Å². The minimum atomic E-state index is 0.283. The highest BCUT2D eigenvalue weighted by Gasteiger charge is 2.00. The van der Waals surface area contributed by atoms with Gasteiger partial charge < -0.3 is 11.1 Å². The molecule has 0 aliphatic rings. The molecular formula is C8H16N4. The van der Waals surface area contributed by atoms with Crippen LogP contribution in [0.3, 0.4) is 0 Å². The normalized spacial score (nSPS) is 12.9. The number of aromatic nitrogens is 2. The molecule has 1 rings (SSSR count). The Hall–Kier alpha value is -1.03. The molecule has 4 nitrogen and oxygen atoms in total. The first-order valence-corrected chi connectivity index (χ1v) is 4.26. The summed E-state index contributed by atoms with van der Waals surface area (Å²) in [5.41, 5.74) is 5.46. The van der Waals surface area contributed by atoms with Gasteiger partial charge in [-0.05, 0) is 13.8 Å². The van der Waals surface area contributed by atoms with Gasteiger partial charge in [0.1, 0.15) is 5.82 Å². The molecule has 0 saturated carbocycles. The molecule has 3 N–H and O–H groups in total. The van der Waals surface area contributed by atoms with Gasteiger partial charge in [0.05, 0.1) is 0 Å². The summed E-state index contributed by atoms with van der Waals surface area (Å²) in [6, 6.07) is 2.24. The molecule has 0 aliphatic heterocycles. The van der Waals surface area contributed by atoms with Crippen LogP contribution in [0.5, 0.6) is 0 Å². The van der Waals surface area contributed by atoms with Crippen molar-refractivity contribution in [3.63, 3.8) is 0 Å². The summed E-state index contributed by atoms with van der Waals surface area (Å²) in [7, 11) is 0. The van der Waals surface area contributed by atoms with Gasteiger partial charge in [0, 0.05) is 31.4 Å². The van der Waals surface area contributed by atoms with Crippen molar-refractivity contribution in [1.29, 1.82) is 0 Å². The first kappa shape index (κ1) is 9.06. The first-order valence-electron chi connectivity index (χ1n) is 4.26. The zero-order valence-electron chi connectivity index (χ0n) is 7.62. The molecule has 0 spiro atoms. The number of hydrogen-bond acceptors (Lipinski definition) is 3. The molecule has 0 bridgehead atoms. The standard InChI is InChI=1S/C8H16N4/c1-3-12-5-4-8(11-12)10-7(2)6-9/h4-5,7H,3,6,9H2,1-2H3,(H,10,11). The highest BCUT2D eigenvalue weighted by molar-refractivity contribution is 5.33. The van der Waals surface area contributed by atoms with E-state index in [0.717, 1.165) is 12.4 Å². The highest BCUT2D eigenvalue weighted by atomic mass is 15.3. The second-order valence-electron chi connectivity index (χ2n) is 2.84. The molecule has 1 atom stereocenters. The number of anilines is 1. The van der Waals surface area contributed by atoms with Gasteiger partial charge in [0.25, 0.3) is 0 Å². The molecule has 0 aromatic carbocycles. The molecule has 4 heteroatoms. The van der Waals surface area contributed by atoms with Gasteiger partial charge in [-0.15, -0.1) is 0 Å². The van der Waals surface area contributed by atoms with E-state index >= 15 is 0 Å². The highest BCUT2D eigenvalue weighted by Crippen LogP contribution is 2.03. The van der Waals surface area contributed by atoms with E-state index in [4.69, 9.17) is 5.73 Å². The van der Waals surface area contributed by atoms with Crippen molar-refractivity contribution >= 4 is 5.82 Å². The van der Waals surface area contributed by atoms with E-state index in [9.17, 15) is 0 Å². The van der Waals surface area contributed by atoms with Gasteiger partial charge in [0.15, 0.2) is 0 Å². The van der Waals surface area contributed by atoms with Crippen molar-refractivity contribution in [3.05, 3.63) is 12.3 Å². The lowest BCUT2D eigenvalue weighted by Crippen LogP contribution is -2.25. The van der Waals surface area contributed by atoms with Crippen molar-refractivity contribution in [1.82, 2.24) is 9.78 Å². The maximum Gasteiger partial charge on any atom is 0.148 e. The van der Waals surface area contributed by atoms with Crippen LogP contribution in [0.25, 0.3) is 0 Å². The largest absolute Gasteiger partial charge is 0.365 e. The molecule has 1 aromatic rings. The fraction of sp³-hybridized carbons (Fsp3) is 0.625. The SMILES string of the molecule is CCn1ccc(NC(C)CN)n1. The average molecular weight is 168 g/mol. The number of nitrogens with two attached hydrogens (primary N) is 1. The van der Waals surface area contributed by atoms with Crippen LogP contribution < -0.4 is 11.1 Å². The Morgan fingerprint density at radius 1 is 1.75 bits per heavy atom. The van der Waals surface area contributed by atoms with Crippen molar-refractivity contribution in [3.8, 4) is 0 Å². The zero-order chi connectivity index (χ0) is 8.97. The predicted octanol–water partition coefficient (Wildman–Crippen LogP) is 0.662. The maximum absolute atomic E-state index is 5.46. The predicted molar refractivity (Wildman–Crippen MR) is 50.0 cm³/mol. The van der Waals surface area contributed by atoms with Crippen LogP contribution in [0.15, 0.2) is 12.3 Å². The Kier molecular flexibility index (Phi) is 3.10. The fourth-order valence-corrected chi connectivity index (χ4v) is 0.926. The van der Waals surface area contributed by atoms with Crippen LogP contribution in [0, 0.1) is 0 Å². The van der Waals surface area contributed by atoms with Crippen LogP contribution in [0.1, 0.15) is 13.8 Å². The smallest absolute Gasteiger partial charge is 0.148 e. The van der Waals surface area contributed by atoms with Gasteiger partial charge in [-0.3, -0.25) is 4.68 Å². The Morgan fingerprint density at radius 3 is 3.00 bits per heavy atom. The van der Waals surface area contributed by atoms with Crippen LogP contribution in [-0.4, -0.2) is 22.4 Å². The van der Waals surface area contributed by atoms with Gasteiger partial charge in [-0.25, -0.2) is 0 Å². The molecule has 12 heavy (non-hydrogen) atoms. The molecule has 0 fully saturated rings. The minimum Gasteiger partial charge on any atom is -0.365 e. The maximum atomic E-state index is 5.46. The number of nitrogens with zero attached hydrogens (tertiary/aromatic N) is 2. The van der Waals surface area contributed by atoms with E-state index in [0.29, 0.717) is 6.54 Å². The quantitative estimate of drug-likeness (QED) is 0.694. The third-order valence-corrected chi connectivity index (χ3v) is 1.71. The van der Waals surface area contributed by atoms with Gasteiger partial charge >= 0.3 is 0 Å². The van der Waals surface area contributed by atoms with E-state index in [-0.39, 0.29) is 6.04 Å². The van der Waals surface area contributed by atoms with E-state index < -0.39 is 0 Å². The van der Waals surface area contributed by atoms with Crippen molar-refractivity contribution < 1.29 is 0 Å². The monoisotopic (exact) mass is 168 g/mol. The summed E-state index contributed by atoms with van der Waals surface area (Å²) in [4.78, 5) is 0. The lowest BCUT2D eigenvalue weighted by Gasteiger charge is -2.08. The summed E-state index contributed by atoms with van der Waals surface area (Å²) >= 11 is 0. The number of rotatable bonds is 4. The Bertz CT molecular complexity index is 231. The van der Waals surface area contributed by atoms with E-state index in [1.54, 1.807) is 0 Å². The average Bonchev–Trinajstić information content (AvgIpc) is 2.52. The molecule has 0 saturated heterocycles. The summed E-state index contributed by atoms with van der Waals surface area (Å²) in [6.07, 6.45) is 1.95. The second-order valence-corrected chi connectivity index (χ2v) is 2.84. The van der Waals surface area contributed by atoms with Crippen LogP contribution in [0.2, 0.25) is 0 Å². The topological polar surface area (TPSA) is 55.9 Å². The molecule has 0 radical (unpaired) electrons. The lowest BCUT2D eigenvalue weighted by atomic mass is 10.3. The van der Waals surface area contributed by atoms with Gasteiger partial charge in [0.2, 0.25) is 0 Å². The Labute approximate surface area is 72.8 Å². The molecular weight excluding hydrogens is 152 g/mol. The Morgan fingerprint density at radius 2 is 2.50 bits per heavy atom. The van der Waals surface area contributed by atoms with Crippen LogP contribution in [-0.2, 0) is 6.54 Å². The second kappa shape index (κ2) is 4.11. The van der Waals surface area contributed by atoms with Crippen LogP contribution >= 0.6 is 0 Å². The molecule has 0 aliphatic carbocycles. The third kappa shape index (κ3) is 2.23. The van der Waals surface area contributed by atoms with E-state index in [1.807, 2.05) is 23.9 Å². The third-order valence-electron chi connectivity index (χ3n) is 1.71. The molecule has 0 amide bonds. The summed E-state index contributed by atoms with van der Waals surface area (Å²) in [6.45, 7) is 5.62.